The third-order valence-electron chi connectivity index (χ3n) is 4.62. The van der Waals surface area contributed by atoms with E-state index in [0.29, 0.717) is 19.6 Å². The molecule has 3 amide bonds. The SMILES string of the molecule is CCNC(=O)NC(=O)[C@H](C)N1CCN(c2ncnc3c2cnn3C)CC1. The van der Waals surface area contributed by atoms with Crippen molar-refractivity contribution in [2.75, 3.05) is 37.6 Å². The second-order valence-corrected chi connectivity index (χ2v) is 6.25. The van der Waals surface area contributed by atoms with E-state index in [9.17, 15) is 9.59 Å². The van der Waals surface area contributed by atoms with Gasteiger partial charge >= 0.3 is 6.03 Å². The molecule has 1 saturated heterocycles. The van der Waals surface area contributed by atoms with Gasteiger partial charge in [-0.3, -0.25) is 19.7 Å². The summed E-state index contributed by atoms with van der Waals surface area (Å²) in [4.78, 5) is 36.6. The monoisotopic (exact) mass is 360 g/mol. The Morgan fingerprint density at radius 2 is 1.96 bits per heavy atom. The quantitative estimate of drug-likeness (QED) is 0.772. The molecule has 1 aliphatic rings. The molecule has 10 nitrogen and oxygen atoms in total. The van der Waals surface area contributed by atoms with Gasteiger partial charge in [0.2, 0.25) is 5.91 Å². The Hall–Kier alpha value is -2.75. The number of hydrogen-bond acceptors (Lipinski definition) is 7. The number of anilines is 1. The normalized spacial score (nSPS) is 16.5. The average Bonchev–Trinajstić information content (AvgIpc) is 3.03. The molecule has 0 radical (unpaired) electrons. The van der Waals surface area contributed by atoms with E-state index < -0.39 is 6.03 Å². The number of fused-ring (bicyclic) bond motifs is 1. The number of rotatable bonds is 4. The number of amides is 3. The van der Waals surface area contributed by atoms with Gasteiger partial charge in [0.05, 0.1) is 17.6 Å². The molecular weight excluding hydrogens is 336 g/mol. The molecule has 140 valence electrons. The summed E-state index contributed by atoms with van der Waals surface area (Å²) in [6.07, 6.45) is 3.33. The summed E-state index contributed by atoms with van der Waals surface area (Å²) in [5, 5.41) is 10.1. The number of imide groups is 1. The lowest BCUT2D eigenvalue weighted by Crippen LogP contribution is -2.55. The molecule has 2 N–H and O–H groups in total. The zero-order valence-electron chi connectivity index (χ0n) is 15.3. The van der Waals surface area contributed by atoms with Gasteiger partial charge < -0.3 is 10.2 Å². The van der Waals surface area contributed by atoms with Gasteiger partial charge in [-0.1, -0.05) is 0 Å². The molecule has 10 heteroatoms. The van der Waals surface area contributed by atoms with E-state index >= 15 is 0 Å². The fraction of sp³-hybridized carbons (Fsp3) is 0.562. The molecule has 2 aromatic rings. The van der Waals surface area contributed by atoms with Crippen LogP contribution in [0.4, 0.5) is 10.6 Å². The van der Waals surface area contributed by atoms with Crippen molar-refractivity contribution in [3.63, 3.8) is 0 Å². The van der Waals surface area contributed by atoms with Crippen molar-refractivity contribution in [1.82, 2.24) is 35.3 Å². The van der Waals surface area contributed by atoms with Crippen molar-refractivity contribution < 1.29 is 9.59 Å². The van der Waals surface area contributed by atoms with E-state index in [0.717, 1.165) is 29.9 Å². The standard InChI is InChI=1S/C16H24N8O2/c1-4-17-16(26)21-15(25)11(2)23-5-7-24(8-6-23)14-12-9-20-22(3)13(12)18-10-19-14/h9-11H,4-8H2,1-3H3,(H2,17,21,25,26)/t11-/m0/s1. The molecule has 0 aromatic carbocycles. The predicted octanol–water partition coefficient (Wildman–Crippen LogP) is -0.280. The minimum atomic E-state index is -0.456. The highest BCUT2D eigenvalue weighted by Gasteiger charge is 2.27. The molecule has 0 unspecified atom stereocenters. The zero-order chi connectivity index (χ0) is 18.7. The molecule has 3 heterocycles. The topological polar surface area (TPSA) is 108 Å². The number of aromatic nitrogens is 4. The van der Waals surface area contributed by atoms with E-state index in [1.807, 2.05) is 14.0 Å². The third-order valence-corrected chi connectivity index (χ3v) is 4.62. The third kappa shape index (κ3) is 3.59. The van der Waals surface area contributed by atoms with Crippen LogP contribution in [-0.2, 0) is 11.8 Å². The van der Waals surface area contributed by atoms with E-state index in [1.165, 1.54) is 0 Å². The van der Waals surface area contributed by atoms with Crippen LogP contribution in [0.25, 0.3) is 11.0 Å². The summed E-state index contributed by atoms with van der Waals surface area (Å²) >= 11 is 0. The zero-order valence-corrected chi connectivity index (χ0v) is 15.3. The lowest BCUT2D eigenvalue weighted by atomic mass is 10.2. The number of carbonyl (C=O) groups is 2. The van der Waals surface area contributed by atoms with Crippen LogP contribution in [0.2, 0.25) is 0 Å². The van der Waals surface area contributed by atoms with Gasteiger partial charge in [-0.25, -0.2) is 14.8 Å². The Bertz CT molecular complexity index is 797. The van der Waals surface area contributed by atoms with Gasteiger partial charge in [-0.15, -0.1) is 0 Å². The maximum Gasteiger partial charge on any atom is 0.321 e. The predicted molar refractivity (Wildman–Crippen MR) is 96.8 cm³/mol. The first kappa shape index (κ1) is 18.1. The van der Waals surface area contributed by atoms with Crippen molar-refractivity contribution in [3.8, 4) is 0 Å². The van der Waals surface area contributed by atoms with Crippen LogP contribution in [-0.4, -0.2) is 75.4 Å². The lowest BCUT2D eigenvalue weighted by Gasteiger charge is -2.37. The van der Waals surface area contributed by atoms with Crippen molar-refractivity contribution in [3.05, 3.63) is 12.5 Å². The smallest absolute Gasteiger partial charge is 0.321 e. The first-order valence-corrected chi connectivity index (χ1v) is 8.71. The molecule has 1 atom stereocenters. The maximum absolute atomic E-state index is 12.2. The largest absolute Gasteiger partial charge is 0.353 e. The average molecular weight is 360 g/mol. The second-order valence-electron chi connectivity index (χ2n) is 6.25. The van der Waals surface area contributed by atoms with E-state index in [4.69, 9.17) is 0 Å². The lowest BCUT2D eigenvalue weighted by molar-refractivity contribution is -0.124. The molecule has 1 aliphatic heterocycles. The second kappa shape index (κ2) is 7.65. The summed E-state index contributed by atoms with van der Waals surface area (Å²) in [5.41, 5.74) is 0.798. The number of aryl methyl sites for hydroxylation is 1. The van der Waals surface area contributed by atoms with E-state index in [1.54, 1.807) is 24.1 Å². The summed E-state index contributed by atoms with van der Waals surface area (Å²) in [6, 6.07) is -0.827. The molecule has 2 aromatic heterocycles. The van der Waals surface area contributed by atoms with Crippen molar-refractivity contribution >= 4 is 28.8 Å². The van der Waals surface area contributed by atoms with Crippen LogP contribution in [0.15, 0.2) is 12.5 Å². The Morgan fingerprint density at radius 1 is 1.23 bits per heavy atom. The molecule has 26 heavy (non-hydrogen) atoms. The number of urea groups is 1. The number of nitrogens with one attached hydrogen (secondary N) is 2. The van der Waals surface area contributed by atoms with Crippen molar-refractivity contribution in [1.29, 1.82) is 0 Å². The first-order chi connectivity index (χ1) is 12.5. The van der Waals surface area contributed by atoms with Gasteiger partial charge in [-0.2, -0.15) is 5.10 Å². The number of piperazine rings is 1. The molecular formula is C16H24N8O2. The van der Waals surface area contributed by atoms with Gasteiger partial charge in [0.15, 0.2) is 5.65 Å². The summed E-state index contributed by atoms with van der Waals surface area (Å²) < 4.78 is 1.73. The molecule has 0 aliphatic carbocycles. The Kier molecular flexibility index (Phi) is 5.31. The van der Waals surface area contributed by atoms with Gasteiger partial charge in [-0.05, 0) is 13.8 Å². The fourth-order valence-corrected chi connectivity index (χ4v) is 3.11. The van der Waals surface area contributed by atoms with Crippen LogP contribution >= 0.6 is 0 Å². The number of hydrogen-bond donors (Lipinski definition) is 2. The summed E-state index contributed by atoms with van der Waals surface area (Å²) in [7, 11) is 1.85. The van der Waals surface area contributed by atoms with Crippen LogP contribution in [0.5, 0.6) is 0 Å². The number of nitrogens with zero attached hydrogens (tertiary/aromatic N) is 6. The molecule has 0 spiro atoms. The fourth-order valence-electron chi connectivity index (χ4n) is 3.11. The Balaban J connectivity index is 1.62. The maximum atomic E-state index is 12.2. The van der Waals surface area contributed by atoms with Gasteiger partial charge in [0, 0.05) is 39.8 Å². The molecule has 3 rings (SSSR count). The summed E-state index contributed by atoms with van der Waals surface area (Å²) in [6.45, 7) is 6.98. The van der Waals surface area contributed by atoms with Gasteiger partial charge in [0.1, 0.15) is 12.1 Å². The van der Waals surface area contributed by atoms with E-state index in [-0.39, 0.29) is 11.9 Å². The van der Waals surface area contributed by atoms with Crippen LogP contribution in [0.1, 0.15) is 13.8 Å². The minimum Gasteiger partial charge on any atom is -0.353 e. The van der Waals surface area contributed by atoms with Crippen molar-refractivity contribution in [2.45, 2.75) is 19.9 Å². The first-order valence-electron chi connectivity index (χ1n) is 8.71. The molecule has 0 saturated carbocycles. The Labute approximate surface area is 151 Å². The number of carbonyl (C=O) groups excluding carboxylic acids is 2. The van der Waals surface area contributed by atoms with Crippen LogP contribution in [0, 0.1) is 0 Å². The highest BCUT2D eigenvalue weighted by Crippen LogP contribution is 2.23. The highest BCUT2D eigenvalue weighted by molar-refractivity contribution is 5.96. The highest BCUT2D eigenvalue weighted by atomic mass is 16.2. The molecule has 1 fully saturated rings. The van der Waals surface area contributed by atoms with Crippen LogP contribution in [0.3, 0.4) is 0 Å². The molecule has 0 bridgehead atoms. The van der Waals surface area contributed by atoms with Gasteiger partial charge in [0.25, 0.3) is 0 Å². The minimum absolute atomic E-state index is 0.291. The van der Waals surface area contributed by atoms with Crippen molar-refractivity contribution in [2.24, 2.45) is 7.05 Å². The van der Waals surface area contributed by atoms with Crippen LogP contribution < -0.4 is 15.5 Å². The summed E-state index contributed by atoms with van der Waals surface area (Å²) in [5.74, 6) is 0.572. The Morgan fingerprint density at radius 3 is 2.65 bits per heavy atom. The van der Waals surface area contributed by atoms with E-state index in [2.05, 4.69) is 35.5 Å².